The lowest BCUT2D eigenvalue weighted by Gasteiger charge is -2.31. The van der Waals surface area contributed by atoms with E-state index in [1.165, 1.54) is 55.5 Å². The minimum absolute atomic E-state index is 0.400. The average Bonchev–Trinajstić information content (AvgIpc) is 3.41. The summed E-state index contributed by atoms with van der Waals surface area (Å²) in [5.74, 6) is 0. The van der Waals surface area contributed by atoms with Crippen molar-refractivity contribution in [3.8, 4) is 33.4 Å². The third-order valence-electron chi connectivity index (χ3n) is 8.00. The SMILES string of the molecule is Clc1ccc(-c2cccc3ncc4c(c23)C2(c3ccccc3-c3ccccc32)c2ccccc2-4)cc1. The molecule has 8 rings (SSSR count). The first-order chi connectivity index (χ1) is 17.8. The van der Waals surface area contributed by atoms with Crippen molar-refractivity contribution in [2.75, 3.05) is 0 Å². The zero-order chi connectivity index (χ0) is 23.9. The van der Waals surface area contributed by atoms with Crippen molar-refractivity contribution < 1.29 is 0 Å². The molecular weight excluding hydrogens is 458 g/mol. The van der Waals surface area contributed by atoms with Gasteiger partial charge in [0.05, 0.1) is 10.9 Å². The second kappa shape index (κ2) is 7.16. The summed E-state index contributed by atoms with van der Waals surface area (Å²) in [7, 11) is 0. The predicted molar refractivity (Wildman–Crippen MR) is 148 cm³/mol. The summed E-state index contributed by atoms with van der Waals surface area (Å²) in [6.45, 7) is 0. The summed E-state index contributed by atoms with van der Waals surface area (Å²) in [4.78, 5) is 5.00. The van der Waals surface area contributed by atoms with Crippen LogP contribution in [0.4, 0.5) is 0 Å². The minimum Gasteiger partial charge on any atom is -0.256 e. The fourth-order valence-corrected chi connectivity index (χ4v) is 6.81. The Bertz CT molecular complexity index is 1790. The van der Waals surface area contributed by atoms with E-state index in [0.29, 0.717) is 0 Å². The number of halogens is 1. The molecule has 5 aromatic carbocycles. The number of hydrogen-bond donors (Lipinski definition) is 0. The molecule has 0 amide bonds. The normalized spacial score (nSPS) is 13.9. The van der Waals surface area contributed by atoms with Gasteiger partial charge in [0.2, 0.25) is 0 Å². The van der Waals surface area contributed by atoms with Crippen molar-refractivity contribution in [3.05, 3.63) is 149 Å². The molecule has 0 saturated carbocycles. The highest BCUT2D eigenvalue weighted by molar-refractivity contribution is 6.30. The van der Waals surface area contributed by atoms with Gasteiger partial charge in [0.25, 0.3) is 0 Å². The predicted octanol–water partition coefficient (Wildman–Crippen LogP) is 8.90. The lowest BCUT2D eigenvalue weighted by molar-refractivity contribution is 0.801. The molecule has 0 saturated heterocycles. The van der Waals surface area contributed by atoms with E-state index < -0.39 is 5.41 Å². The van der Waals surface area contributed by atoms with Gasteiger partial charge in [0, 0.05) is 22.2 Å². The van der Waals surface area contributed by atoms with Crippen molar-refractivity contribution >= 4 is 22.5 Å². The molecule has 36 heavy (non-hydrogen) atoms. The van der Waals surface area contributed by atoms with Gasteiger partial charge in [-0.3, -0.25) is 4.98 Å². The van der Waals surface area contributed by atoms with Crippen molar-refractivity contribution in [2.45, 2.75) is 5.41 Å². The molecule has 0 bridgehead atoms. The molecule has 168 valence electrons. The summed E-state index contributed by atoms with van der Waals surface area (Å²) in [6, 6.07) is 41.3. The molecule has 0 fully saturated rings. The van der Waals surface area contributed by atoms with Crippen molar-refractivity contribution in [3.63, 3.8) is 0 Å². The summed E-state index contributed by atoms with van der Waals surface area (Å²) in [5.41, 5.74) is 13.4. The summed E-state index contributed by atoms with van der Waals surface area (Å²) in [6.07, 6.45) is 2.08. The van der Waals surface area contributed by atoms with Crippen LogP contribution in [0.5, 0.6) is 0 Å². The zero-order valence-electron chi connectivity index (χ0n) is 19.4. The van der Waals surface area contributed by atoms with E-state index in [0.717, 1.165) is 16.1 Å². The number of aromatic nitrogens is 1. The third kappa shape index (κ3) is 2.39. The van der Waals surface area contributed by atoms with Crippen LogP contribution >= 0.6 is 11.6 Å². The van der Waals surface area contributed by atoms with Crippen LogP contribution in [0.2, 0.25) is 5.02 Å². The van der Waals surface area contributed by atoms with E-state index >= 15 is 0 Å². The molecule has 0 N–H and O–H groups in total. The second-order valence-corrected chi connectivity index (χ2v) is 10.1. The maximum atomic E-state index is 6.27. The molecule has 1 heterocycles. The van der Waals surface area contributed by atoms with E-state index in [1.54, 1.807) is 0 Å². The molecule has 0 aliphatic heterocycles. The van der Waals surface area contributed by atoms with E-state index in [1.807, 2.05) is 12.1 Å². The van der Waals surface area contributed by atoms with Crippen LogP contribution in [0.1, 0.15) is 22.3 Å². The molecular formula is C34H20ClN. The van der Waals surface area contributed by atoms with Gasteiger partial charge >= 0.3 is 0 Å². The number of pyridine rings is 1. The number of fused-ring (bicyclic) bond motifs is 12. The first kappa shape index (κ1) is 20.0. The van der Waals surface area contributed by atoms with Gasteiger partial charge in [-0.05, 0) is 68.3 Å². The smallest absolute Gasteiger partial charge is 0.0732 e. The van der Waals surface area contributed by atoms with Crippen molar-refractivity contribution in [1.29, 1.82) is 0 Å². The highest BCUT2D eigenvalue weighted by atomic mass is 35.5. The highest BCUT2D eigenvalue weighted by Gasteiger charge is 2.52. The first-order valence-electron chi connectivity index (χ1n) is 12.3. The molecule has 1 aromatic heterocycles. The summed E-state index contributed by atoms with van der Waals surface area (Å²) >= 11 is 6.27. The van der Waals surface area contributed by atoms with Gasteiger partial charge in [0.1, 0.15) is 0 Å². The number of hydrogen-bond acceptors (Lipinski definition) is 1. The Morgan fingerprint density at radius 2 is 1.03 bits per heavy atom. The largest absolute Gasteiger partial charge is 0.256 e. The molecule has 2 heteroatoms. The van der Waals surface area contributed by atoms with Gasteiger partial charge in [-0.25, -0.2) is 0 Å². The molecule has 0 unspecified atom stereocenters. The maximum Gasteiger partial charge on any atom is 0.0732 e. The molecule has 2 aliphatic rings. The number of rotatable bonds is 1. The Morgan fingerprint density at radius 3 is 1.64 bits per heavy atom. The van der Waals surface area contributed by atoms with Crippen LogP contribution < -0.4 is 0 Å². The van der Waals surface area contributed by atoms with Crippen LogP contribution in [0.3, 0.4) is 0 Å². The Morgan fingerprint density at radius 1 is 0.500 bits per heavy atom. The molecule has 1 nitrogen and oxygen atoms in total. The van der Waals surface area contributed by atoms with Crippen molar-refractivity contribution in [1.82, 2.24) is 4.98 Å². The van der Waals surface area contributed by atoms with Gasteiger partial charge in [0.15, 0.2) is 0 Å². The lowest BCUT2D eigenvalue weighted by atomic mass is 9.69. The quantitative estimate of drug-likeness (QED) is 0.230. The summed E-state index contributed by atoms with van der Waals surface area (Å²) < 4.78 is 0. The summed E-state index contributed by atoms with van der Waals surface area (Å²) in [5, 5.41) is 1.95. The van der Waals surface area contributed by atoms with Crippen molar-refractivity contribution in [2.24, 2.45) is 0 Å². The second-order valence-electron chi connectivity index (χ2n) is 9.64. The highest BCUT2D eigenvalue weighted by Crippen LogP contribution is 2.64. The van der Waals surface area contributed by atoms with Gasteiger partial charge in [-0.2, -0.15) is 0 Å². The number of nitrogens with zero attached hydrogens (tertiary/aromatic N) is 1. The van der Waals surface area contributed by atoms with E-state index in [9.17, 15) is 0 Å². The Balaban J connectivity index is 1.62. The van der Waals surface area contributed by atoms with Gasteiger partial charge < -0.3 is 0 Å². The van der Waals surface area contributed by atoms with E-state index in [-0.39, 0.29) is 0 Å². The molecule has 0 radical (unpaired) electrons. The Hall–Kier alpha value is -4.20. The topological polar surface area (TPSA) is 12.9 Å². The van der Waals surface area contributed by atoms with E-state index in [4.69, 9.17) is 16.6 Å². The molecule has 1 spiro atoms. The first-order valence-corrected chi connectivity index (χ1v) is 12.6. The fourth-order valence-electron chi connectivity index (χ4n) is 6.68. The van der Waals surface area contributed by atoms with Crippen LogP contribution in [0.25, 0.3) is 44.3 Å². The van der Waals surface area contributed by atoms with Crippen LogP contribution in [0, 0.1) is 0 Å². The molecule has 2 aliphatic carbocycles. The zero-order valence-corrected chi connectivity index (χ0v) is 20.1. The Labute approximate surface area is 214 Å². The lowest BCUT2D eigenvalue weighted by Crippen LogP contribution is -2.26. The fraction of sp³-hybridized carbons (Fsp3) is 0.0294. The van der Waals surface area contributed by atoms with Crippen LogP contribution in [0.15, 0.2) is 121 Å². The van der Waals surface area contributed by atoms with Gasteiger partial charge in [-0.15, -0.1) is 0 Å². The standard InChI is InChI=1S/C34H20ClN/c35-22-18-16-21(17-19-22)23-11-7-15-31-32(23)33-27(20-36-31)26-10-3-6-14-30(26)34(33)28-12-4-1-8-24(28)25-9-2-5-13-29(25)34/h1-20H. The maximum absolute atomic E-state index is 6.27. The molecule has 6 aromatic rings. The molecule has 0 atom stereocenters. The number of benzene rings is 5. The monoisotopic (exact) mass is 477 g/mol. The van der Waals surface area contributed by atoms with Crippen LogP contribution in [-0.4, -0.2) is 4.98 Å². The average molecular weight is 478 g/mol. The van der Waals surface area contributed by atoms with Crippen LogP contribution in [-0.2, 0) is 5.41 Å². The van der Waals surface area contributed by atoms with E-state index in [2.05, 4.69) is 109 Å². The minimum atomic E-state index is -0.400. The van der Waals surface area contributed by atoms with Gasteiger partial charge in [-0.1, -0.05) is 109 Å². The Kier molecular flexibility index (Phi) is 3.99. The third-order valence-corrected chi connectivity index (χ3v) is 8.25.